The summed E-state index contributed by atoms with van der Waals surface area (Å²) < 4.78 is 7.35. The lowest BCUT2D eigenvalue weighted by Crippen LogP contribution is -2.31. The lowest BCUT2D eigenvalue weighted by atomic mass is 10.1. The summed E-state index contributed by atoms with van der Waals surface area (Å²) in [6.07, 6.45) is 1.97. The average Bonchev–Trinajstić information content (AvgIpc) is 2.90. The van der Waals surface area contributed by atoms with Crippen LogP contribution < -0.4 is 10.1 Å². The van der Waals surface area contributed by atoms with Crippen LogP contribution in [0.1, 0.15) is 23.6 Å². The number of rotatable bonds is 4. The van der Waals surface area contributed by atoms with E-state index in [4.69, 9.17) is 4.74 Å². The smallest absolute Gasteiger partial charge is 0.258 e. The molecule has 1 amide bonds. The van der Waals surface area contributed by atoms with E-state index in [9.17, 15) is 4.79 Å². The molecule has 0 heterocycles. The molecule has 0 bridgehead atoms. The highest BCUT2D eigenvalue weighted by Gasteiger charge is 2.23. The van der Waals surface area contributed by atoms with Gasteiger partial charge < -0.3 is 10.1 Å². The molecule has 1 atom stereocenters. The molecule has 0 spiro atoms. The molecule has 3 rings (SSSR count). The fraction of sp³-hybridized carbons (Fsp3) is 0.235. The maximum atomic E-state index is 12.1. The van der Waals surface area contributed by atoms with Gasteiger partial charge in [0.25, 0.3) is 5.91 Å². The summed E-state index contributed by atoms with van der Waals surface area (Å²) in [5.74, 6) is 0.557. The molecule has 1 unspecified atom stereocenters. The van der Waals surface area contributed by atoms with Gasteiger partial charge in [0.05, 0.1) is 10.5 Å². The van der Waals surface area contributed by atoms with Crippen molar-refractivity contribution in [3.63, 3.8) is 0 Å². The van der Waals surface area contributed by atoms with Gasteiger partial charge in [0.15, 0.2) is 6.61 Å². The lowest BCUT2D eigenvalue weighted by molar-refractivity contribution is -0.123. The van der Waals surface area contributed by atoms with Crippen molar-refractivity contribution in [2.75, 3.05) is 6.61 Å². The summed E-state index contributed by atoms with van der Waals surface area (Å²) in [6.45, 7) is 0.0128. The molecule has 0 aliphatic heterocycles. The molecule has 3 nitrogen and oxygen atoms in total. The topological polar surface area (TPSA) is 38.3 Å². The molecule has 1 N–H and O–H groups in total. The van der Waals surface area contributed by atoms with Crippen molar-refractivity contribution >= 4 is 37.8 Å². The van der Waals surface area contributed by atoms with Crippen LogP contribution in [0.3, 0.4) is 0 Å². The fourth-order valence-electron chi connectivity index (χ4n) is 2.68. The Morgan fingerprint density at radius 3 is 2.86 bits per heavy atom. The minimum atomic E-state index is -0.100. The number of halogens is 2. The number of aryl methyl sites for hydroxylation is 1. The van der Waals surface area contributed by atoms with Gasteiger partial charge in [0.2, 0.25) is 0 Å². The van der Waals surface area contributed by atoms with Gasteiger partial charge in [-0.05, 0) is 58.1 Å². The van der Waals surface area contributed by atoms with Gasteiger partial charge in [-0.1, -0.05) is 40.2 Å². The highest BCUT2D eigenvalue weighted by molar-refractivity contribution is 9.11. The maximum absolute atomic E-state index is 12.1. The number of ether oxygens (including phenoxy) is 1. The molecule has 0 saturated heterocycles. The third-order valence-electron chi connectivity index (χ3n) is 3.72. The summed E-state index contributed by atoms with van der Waals surface area (Å²) in [5, 5.41) is 3.05. The number of amides is 1. The molecular formula is C17H15Br2NO2. The first-order valence-electron chi connectivity index (χ1n) is 7.08. The van der Waals surface area contributed by atoms with Gasteiger partial charge in [-0.25, -0.2) is 0 Å². The van der Waals surface area contributed by atoms with E-state index in [1.807, 2.05) is 30.3 Å². The Morgan fingerprint density at radius 1 is 1.23 bits per heavy atom. The Hall–Kier alpha value is -1.33. The molecule has 5 heteroatoms. The summed E-state index contributed by atoms with van der Waals surface area (Å²) in [4.78, 5) is 12.1. The van der Waals surface area contributed by atoms with Crippen LogP contribution in [-0.2, 0) is 11.2 Å². The quantitative estimate of drug-likeness (QED) is 0.790. The number of benzene rings is 2. The lowest BCUT2D eigenvalue weighted by Gasteiger charge is -2.15. The Kier molecular flexibility index (Phi) is 4.84. The highest BCUT2D eigenvalue weighted by atomic mass is 79.9. The minimum absolute atomic E-state index is 0.0128. The standard InChI is InChI=1S/C17H15Br2NO2/c18-12-6-8-16(14(19)9-12)22-10-17(21)20-15-7-5-11-3-1-2-4-13(11)15/h1-4,6,8-9,15H,5,7,10H2,(H,20,21). The Bertz CT molecular complexity index is 703. The molecule has 2 aromatic carbocycles. The van der Waals surface area contributed by atoms with E-state index in [1.165, 1.54) is 11.1 Å². The third kappa shape index (κ3) is 3.52. The number of hydrogen-bond acceptors (Lipinski definition) is 2. The molecule has 2 aromatic rings. The summed E-state index contributed by atoms with van der Waals surface area (Å²) in [7, 11) is 0. The maximum Gasteiger partial charge on any atom is 0.258 e. The summed E-state index contributed by atoms with van der Waals surface area (Å²) in [5.41, 5.74) is 2.55. The predicted molar refractivity (Wildman–Crippen MR) is 93.0 cm³/mol. The molecule has 0 saturated carbocycles. The van der Waals surface area contributed by atoms with Crippen molar-refractivity contribution in [1.29, 1.82) is 0 Å². The van der Waals surface area contributed by atoms with E-state index in [2.05, 4.69) is 49.3 Å². The molecule has 1 aliphatic rings. The first kappa shape index (κ1) is 15.6. The van der Waals surface area contributed by atoms with E-state index in [-0.39, 0.29) is 18.6 Å². The van der Waals surface area contributed by atoms with Crippen molar-refractivity contribution in [3.05, 3.63) is 62.5 Å². The normalized spacial score (nSPS) is 16.2. The van der Waals surface area contributed by atoms with E-state index in [1.54, 1.807) is 0 Å². The van der Waals surface area contributed by atoms with Crippen LogP contribution in [0.2, 0.25) is 0 Å². The van der Waals surface area contributed by atoms with E-state index in [0.29, 0.717) is 5.75 Å². The van der Waals surface area contributed by atoms with Crippen LogP contribution in [0.4, 0.5) is 0 Å². The average molecular weight is 425 g/mol. The van der Waals surface area contributed by atoms with E-state index in [0.717, 1.165) is 21.8 Å². The number of carbonyl (C=O) groups is 1. The van der Waals surface area contributed by atoms with Crippen LogP contribution >= 0.6 is 31.9 Å². The van der Waals surface area contributed by atoms with E-state index >= 15 is 0 Å². The van der Waals surface area contributed by atoms with Crippen molar-refractivity contribution in [1.82, 2.24) is 5.32 Å². The number of carbonyl (C=O) groups excluding carboxylic acids is 1. The van der Waals surface area contributed by atoms with Crippen molar-refractivity contribution in [3.8, 4) is 5.75 Å². The van der Waals surface area contributed by atoms with Gasteiger partial charge in [-0.3, -0.25) is 4.79 Å². The van der Waals surface area contributed by atoms with Crippen LogP contribution in [0.25, 0.3) is 0 Å². The largest absolute Gasteiger partial charge is 0.483 e. The molecule has 114 valence electrons. The molecule has 0 radical (unpaired) electrons. The number of fused-ring (bicyclic) bond motifs is 1. The zero-order valence-corrected chi connectivity index (χ0v) is 15.0. The summed E-state index contributed by atoms with van der Waals surface area (Å²) in [6, 6.07) is 13.9. The zero-order chi connectivity index (χ0) is 15.5. The predicted octanol–water partition coefficient (Wildman–Crippen LogP) is 4.39. The molecule has 1 aliphatic carbocycles. The highest BCUT2D eigenvalue weighted by Crippen LogP contribution is 2.31. The van der Waals surface area contributed by atoms with Crippen LogP contribution in [-0.4, -0.2) is 12.5 Å². The molecular weight excluding hydrogens is 410 g/mol. The second kappa shape index (κ2) is 6.84. The van der Waals surface area contributed by atoms with Crippen LogP contribution in [0.5, 0.6) is 5.75 Å². The Balaban J connectivity index is 1.57. The minimum Gasteiger partial charge on any atom is -0.483 e. The van der Waals surface area contributed by atoms with Crippen molar-refractivity contribution in [2.24, 2.45) is 0 Å². The number of hydrogen-bond donors (Lipinski definition) is 1. The van der Waals surface area contributed by atoms with Gasteiger partial charge >= 0.3 is 0 Å². The van der Waals surface area contributed by atoms with Gasteiger partial charge in [0, 0.05) is 4.47 Å². The first-order valence-corrected chi connectivity index (χ1v) is 8.67. The van der Waals surface area contributed by atoms with Crippen molar-refractivity contribution in [2.45, 2.75) is 18.9 Å². The summed E-state index contributed by atoms with van der Waals surface area (Å²) >= 11 is 6.81. The van der Waals surface area contributed by atoms with Gasteiger partial charge in [-0.15, -0.1) is 0 Å². The second-order valence-corrected chi connectivity index (χ2v) is 6.99. The third-order valence-corrected chi connectivity index (χ3v) is 4.83. The monoisotopic (exact) mass is 423 g/mol. The molecule has 0 fully saturated rings. The van der Waals surface area contributed by atoms with Crippen LogP contribution in [0, 0.1) is 0 Å². The van der Waals surface area contributed by atoms with Crippen LogP contribution in [0.15, 0.2) is 51.4 Å². The molecule has 0 aromatic heterocycles. The van der Waals surface area contributed by atoms with E-state index < -0.39 is 0 Å². The molecule has 22 heavy (non-hydrogen) atoms. The SMILES string of the molecule is O=C(COc1ccc(Br)cc1Br)NC1CCc2ccccc21. The first-order chi connectivity index (χ1) is 10.6. The fourth-order valence-corrected chi connectivity index (χ4v) is 3.84. The van der Waals surface area contributed by atoms with Gasteiger partial charge in [0.1, 0.15) is 5.75 Å². The Morgan fingerprint density at radius 2 is 2.05 bits per heavy atom. The zero-order valence-electron chi connectivity index (χ0n) is 11.8. The second-order valence-electron chi connectivity index (χ2n) is 5.22. The Labute approximate surface area is 146 Å². The van der Waals surface area contributed by atoms with Crippen molar-refractivity contribution < 1.29 is 9.53 Å². The van der Waals surface area contributed by atoms with Gasteiger partial charge in [-0.2, -0.15) is 0 Å². The number of nitrogens with one attached hydrogen (secondary N) is 1.